The number of aliphatic hydroxyl groups excluding tert-OH is 1. The molecule has 4 saturated heterocycles. The molecule has 3 unspecified atom stereocenters. The predicted molar refractivity (Wildman–Crippen MR) is 203 cm³/mol. The molecule has 4 heterocycles. The summed E-state index contributed by atoms with van der Waals surface area (Å²) in [5.74, 6) is -1.99. The van der Waals surface area contributed by atoms with E-state index in [-0.39, 0.29) is 37.1 Å². The number of hydrogen-bond donors (Lipinski definition) is 1. The lowest BCUT2D eigenvalue weighted by molar-refractivity contribution is -0.302. The number of aliphatic hydroxyl groups is 1. The van der Waals surface area contributed by atoms with Crippen LogP contribution in [0.15, 0.2) is 47.6 Å². The number of oxime groups is 1. The number of carbonyl (C=O) groups excluding carboxylic acids is 2. The summed E-state index contributed by atoms with van der Waals surface area (Å²) < 4.78 is 39.8. The van der Waals surface area contributed by atoms with E-state index in [0.29, 0.717) is 30.7 Å². The Bertz CT molecular complexity index is 1690. The second kappa shape index (κ2) is 16.3. The van der Waals surface area contributed by atoms with Gasteiger partial charge in [-0.2, -0.15) is 0 Å². The fraction of sp³-hybridized carbons (Fsp3) is 0.690. The molecule has 4 fully saturated rings. The van der Waals surface area contributed by atoms with E-state index in [1.807, 2.05) is 96.1 Å². The van der Waals surface area contributed by atoms with Crippen LogP contribution in [-0.4, -0.2) is 115 Å². The average Bonchev–Trinajstić information content (AvgIpc) is 3.40. The Labute approximate surface area is 319 Å². The number of rotatable bonds is 6. The highest BCUT2D eigenvalue weighted by Crippen LogP contribution is 2.45. The molecule has 12 heteroatoms. The van der Waals surface area contributed by atoms with Gasteiger partial charge in [0.15, 0.2) is 23.4 Å². The number of hydrogen-bond acceptors (Lipinski definition) is 12. The molecule has 4 aliphatic rings. The maximum atomic E-state index is 14.2. The van der Waals surface area contributed by atoms with E-state index in [2.05, 4.69) is 12.1 Å². The summed E-state index contributed by atoms with van der Waals surface area (Å²) in [7, 11) is 3.86. The van der Waals surface area contributed by atoms with Gasteiger partial charge in [0, 0.05) is 17.9 Å². The van der Waals surface area contributed by atoms with E-state index in [1.165, 1.54) is 0 Å². The second-order valence-corrected chi connectivity index (χ2v) is 16.8. The molecule has 6 rings (SSSR count). The van der Waals surface area contributed by atoms with Crippen LogP contribution in [0.3, 0.4) is 0 Å². The summed E-state index contributed by atoms with van der Waals surface area (Å²) in [5.41, 5.74) is -1.92. The van der Waals surface area contributed by atoms with Gasteiger partial charge < -0.3 is 43.3 Å². The first-order valence-electron chi connectivity index (χ1n) is 19.6. The van der Waals surface area contributed by atoms with Crippen molar-refractivity contribution in [1.29, 1.82) is 0 Å². The van der Waals surface area contributed by atoms with Gasteiger partial charge in [-0.3, -0.25) is 9.59 Å². The number of likely N-dealkylation sites (N-methyl/N-ethyl adjacent to an activating group) is 1. The fourth-order valence-electron chi connectivity index (χ4n) is 9.29. The summed E-state index contributed by atoms with van der Waals surface area (Å²) in [6.45, 7) is 15.3. The van der Waals surface area contributed by atoms with E-state index in [4.69, 9.17) is 33.3 Å². The van der Waals surface area contributed by atoms with Crippen LogP contribution in [0, 0.1) is 23.7 Å². The Morgan fingerprint density at radius 2 is 1.69 bits per heavy atom. The molecule has 298 valence electrons. The number of esters is 1. The Morgan fingerprint density at radius 1 is 0.963 bits per heavy atom. The van der Waals surface area contributed by atoms with Crippen LogP contribution >= 0.6 is 0 Å². The van der Waals surface area contributed by atoms with Gasteiger partial charge in [0.05, 0.1) is 49.1 Å². The van der Waals surface area contributed by atoms with Crippen LogP contribution in [-0.2, 0) is 38.0 Å². The third kappa shape index (κ3) is 7.98. The van der Waals surface area contributed by atoms with Gasteiger partial charge in [-0.1, -0.05) is 63.2 Å². The number of benzene rings is 2. The van der Waals surface area contributed by atoms with Crippen molar-refractivity contribution in [1.82, 2.24) is 4.90 Å². The maximum Gasteiger partial charge on any atom is 0.311 e. The van der Waals surface area contributed by atoms with Gasteiger partial charge in [-0.05, 0) is 89.9 Å². The molecule has 1 N–H and O–H groups in total. The summed E-state index contributed by atoms with van der Waals surface area (Å²) >= 11 is 0. The van der Waals surface area contributed by atoms with Crippen molar-refractivity contribution in [3.63, 3.8) is 0 Å². The van der Waals surface area contributed by atoms with Crippen molar-refractivity contribution in [2.45, 2.75) is 135 Å². The summed E-state index contributed by atoms with van der Waals surface area (Å²) in [6.07, 6.45) is -3.51. The van der Waals surface area contributed by atoms with Gasteiger partial charge in [0.25, 0.3) is 0 Å². The quantitative estimate of drug-likeness (QED) is 0.294. The zero-order chi connectivity index (χ0) is 39.1. The minimum Gasteiger partial charge on any atom is -0.459 e. The fourth-order valence-corrected chi connectivity index (χ4v) is 9.29. The zero-order valence-electron chi connectivity index (χ0n) is 33.5. The van der Waals surface area contributed by atoms with E-state index in [1.54, 1.807) is 13.8 Å². The van der Waals surface area contributed by atoms with Gasteiger partial charge >= 0.3 is 5.97 Å². The first-order valence-corrected chi connectivity index (χ1v) is 19.6. The van der Waals surface area contributed by atoms with Gasteiger partial charge in [-0.15, -0.1) is 0 Å². The molecular formula is C42H60N2O10. The van der Waals surface area contributed by atoms with Crippen molar-refractivity contribution >= 4 is 28.2 Å². The number of ketones is 1. The standard InChI is InChI=1S/C42H60N2O10/c1-11-33-42(8)37(46)25(4)35(53-42)23(2)20-41(7)38(52-40-34(45)32(44(9)10)18-24(3)50-40)26(5)36(27(6)39(47)51-33)48-21-30(22-49-41)43-54-31-17-16-28-14-12-13-15-29(28)19-31/h12-17,19,23-27,32-36,38,40,45H,11,18,20-22H2,1-10H3/b43-30+/t23-,24-,25?,26-,27-,32+,33-,34-,35?,36+,38-,40+,41+,42?/m1/s1. The summed E-state index contributed by atoms with van der Waals surface area (Å²) in [5, 5.41) is 18.3. The van der Waals surface area contributed by atoms with Crippen LogP contribution in [0.1, 0.15) is 74.7 Å². The number of Topliss-reactive ketones (excluding diaryl/α,β-unsaturated/α-hetero) is 1. The van der Waals surface area contributed by atoms with Crippen molar-refractivity contribution in [2.24, 2.45) is 28.8 Å². The Balaban J connectivity index is 1.42. The third-order valence-corrected chi connectivity index (χ3v) is 12.3. The molecule has 4 aliphatic heterocycles. The lowest BCUT2D eigenvalue weighted by Crippen LogP contribution is -2.59. The van der Waals surface area contributed by atoms with Crippen LogP contribution in [0.4, 0.5) is 0 Å². The second-order valence-electron chi connectivity index (χ2n) is 16.8. The van der Waals surface area contributed by atoms with Crippen LogP contribution < -0.4 is 4.84 Å². The molecule has 0 aromatic heterocycles. The topological polar surface area (TPSA) is 135 Å². The Kier molecular flexibility index (Phi) is 12.2. The Morgan fingerprint density at radius 3 is 2.39 bits per heavy atom. The Hall–Kier alpha value is -2.97. The zero-order valence-corrected chi connectivity index (χ0v) is 33.5. The van der Waals surface area contributed by atoms with E-state index in [9.17, 15) is 14.7 Å². The van der Waals surface area contributed by atoms with Gasteiger partial charge in [-0.25, -0.2) is 0 Å². The number of ether oxygens (including phenoxy) is 6. The average molecular weight is 753 g/mol. The highest BCUT2D eigenvalue weighted by atomic mass is 16.7. The van der Waals surface area contributed by atoms with Crippen LogP contribution in [0.5, 0.6) is 5.75 Å². The molecular weight excluding hydrogens is 692 g/mol. The largest absolute Gasteiger partial charge is 0.459 e. The smallest absolute Gasteiger partial charge is 0.311 e. The van der Waals surface area contributed by atoms with Crippen LogP contribution in [0.25, 0.3) is 10.8 Å². The maximum absolute atomic E-state index is 14.2. The van der Waals surface area contributed by atoms with E-state index in [0.717, 1.165) is 10.8 Å². The van der Waals surface area contributed by atoms with Crippen molar-refractivity contribution in [3.05, 3.63) is 42.5 Å². The van der Waals surface area contributed by atoms with E-state index >= 15 is 0 Å². The van der Waals surface area contributed by atoms with Crippen molar-refractivity contribution in [3.8, 4) is 5.75 Å². The molecule has 0 radical (unpaired) electrons. The van der Waals surface area contributed by atoms with Crippen molar-refractivity contribution < 1.29 is 48.0 Å². The normalized spacial score (nSPS) is 41.7. The van der Waals surface area contributed by atoms with Gasteiger partial charge in [0.1, 0.15) is 17.9 Å². The summed E-state index contributed by atoms with van der Waals surface area (Å²) in [6, 6.07) is 13.6. The molecule has 54 heavy (non-hydrogen) atoms. The minimum absolute atomic E-state index is 0.0109. The molecule has 0 aliphatic carbocycles. The molecule has 0 saturated carbocycles. The first-order chi connectivity index (χ1) is 25.6. The molecule has 0 amide bonds. The lowest BCUT2D eigenvalue weighted by Gasteiger charge is -2.48. The molecule has 2 aromatic rings. The third-order valence-electron chi connectivity index (χ3n) is 12.3. The number of carbonyl (C=O) groups is 2. The lowest BCUT2D eigenvalue weighted by atomic mass is 9.75. The van der Waals surface area contributed by atoms with Gasteiger partial charge in [0.2, 0.25) is 0 Å². The predicted octanol–water partition coefficient (Wildman–Crippen LogP) is 5.56. The molecule has 12 nitrogen and oxygen atoms in total. The number of fused-ring (bicyclic) bond motifs is 6. The first kappa shape index (κ1) is 40.7. The minimum atomic E-state index is -1.31. The SMILES string of the molecule is CC[C@H]1OC(=O)[C@H](C)[C@H]2OC/C(=N\Oc3ccc4ccccc4c3)CO[C@@](C)(C[C@@H](C)C3OC1(C)C(=O)C3C)[C@H](O[C@@H]1O[C@H](C)C[C@H](N(C)C)[C@H]1O)[C@@H]2C. The molecule has 14 atom stereocenters. The monoisotopic (exact) mass is 752 g/mol. The molecule has 2 aromatic carbocycles. The van der Waals surface area contributed by atoms with Crippen LogP contribution in [0.2, 0.25) is 0 Å². The molecule has 0 spiro atoms. The highest BCUT2D eigenvalue weighted by Gasteiger charge is 2.58. The van der Waals surface area contributed by atoms with E-state index < -0.39 is 71.7 Å². The summed E-state index contributed by atoms with van der Waals surface area (Å²) in [4.78, 5) is 36.1. The highest BCUT2D eigenvalue weighted by molar-refractivity contribution is 5.92. The number of cyclic esters (lactones) is 1. The number of nitrogens with zero attached hydrogens (tertiary/aromatic N) is 2. The molecule has 4 bridgehead atoms. The van der Waals surface area contributed by atoms with Crippen molar-refractivity contribution in [2.75, 3.05) is 27.3 Å².